The van der Waals surface area contributed by atoms with E-state index in [4.69, 9.17) is 16.3 Å². The highest BCUT2D eigenvalue weighted by atomic mass is 35.5. The number of aromatic nitrogens is 2. The summed E-state index contributed by atoms with van der Waals surface area (Å²) in [5.74, 6) is -1.31. The zero-order chi connectivity index (χ0) is 21.3. The van der Waals surface area contributed by atoms with Crippen molar-refractivity contribution in [2.75, 3.05) is 6.61 Å². The van der Waals surface area contributed by atoms with E-state index in [1.165, 1.54) is 24.0 Å². The van der Waals surface area contributed by atoms with Crippen LogP contribution in [0.5, 0.6) is 0 Å². The number of amides is 1. The monoisotopic (exact) mass is 425 g/mol. The minimum atomic E-state index is -1.61. The second kappa shape index (κ2) is 7.84. The summed E-state index contributed by atoms with van der Waals surface area (Å²) in [4.78, 5) is 24.3. The molecule has 154 valence electrons. The summed E-state index contributed by atoms with van der Waals surface area (Å²) < 4.78 is 6.82. The summed E-state index contributed by atoms with van der Waals surface area (Å²) in [5, 5.41) is 16.5. The lowest BCUT2D eigenvalue weighted by molar-refractivity contribution is -0.144. The van der Waals surface area contributed by atoms with E-state index < -0.39 is 17.6 Å². The van der Waals surface area contributed by atoms with Crippen LogP contribution in [0.2, 0.25) is 5.02 Å². The molecule has 1 amide bonds. The molecule has 2 N–H and O–H groups in total. The number of carbonyl (C=O) groups excluding carboxylic acids is 1. The molecule has 0 saturated heterocycles. The third kappa shape index (κ3) is 3.76. The van der Waals surface area contributed by atoms with E-state index in [0.717, 1.165) is 22.3 Å². The number of nitrogens with zero attached hydrogens (tertiary/aromatic N) is 2. The fraction of sp³-hybridized carbons (Fsp3) is 0.227. The summed E-state index contributed by atoms with van der Waals surface area (Å²) >= 11 is 5.84. The largest absolute Gasteiger partial charge is 0.479 e. The average Bonchev–Trinajstić information content (AvgIpc) is 3.27. The molecular weight excluding hydrogens is 406 g/mol. The van der Waals surface area contributed by atoms with Gasteiger partial charge in [0.1, 0.15) is 6.61 Å². The van der Waals surface area contributed by atoms with Gasteiger partial charge in [0.25, 0.3) is 0 Å². The summed E-state index contributed by atoms with van der Waals surface area (Å²) in [5.41, 5.74) is 2.79. The van der Waals surface area contributed by atoms with Gasteiger partial charge in [-0.3, -0.25) is 4.68 Å². The summed E-state index contributed by atoms with van der Waals surface area (Å²) in [6.45, 7) is 1.40. The molecule has 0 spiro atoms. The molecule has 3 aromatic rings. The van der Waals surface area contributed by atoms with Gasteiger partial charge in [0.2, 0.25) is 0 Å². The molecule has 0 bridgehead atoms. The number of fused-ring (bicyclic) bond motifs is 3. The Bertz CT molecular complexity index is 1070. The first-order valence-corrected chi connectivity index (χ1v) is 9.80. The SMILES string of the molecule is CC(Cn1cc(Cl)cn1)(NC(=O)OCC1c2ccccc2-c2ccccc21)C(=O)O. The molecule has 2 aromatic carbocycles. The molecule has 1 atom stereocenters. The van der Waals surface area contributed by atoms with E-state index in [1.807, 2.05) is 48.5 Å². The van der Waals surface area contributed by atoms with Crippen molar-refractivity contribution < 1.29 is 19.4 Å². The first kappa shape index (κ1) is 20.0. The Balaban J connectivity index is 1.47. The first-order chi connectivity index (χ1) is 14.4. The first-order valence-electron chi connectivity index (χ1n) is 9.42. The fourth-order valence-electron chi connectivity index (χ4n) is 3.77. The topological polar surface area (TPSA) is 93.5 Å². The maximum Gasteiger partial charge on any atom is 0.408 e. The van der Waals surface area contributed by atoms with Crippen LogP contribution in [0.25, 0.3) is 11.1 Å². The van der Waals surface area contributed by atoms with Crippen molar-refractivity contribution >= 4 is 23.7 Å². The predicted molar refractivity (Wildman–Crippen MR) is 111 cm³/mol. The normalized spacial score (nSPS) is 14.5. The molecule has 1 unspecified atom stereocenters. The van der Waals surface area contributed by atoms with Crippen LogP contribution in [0.4, 0.5) is 4.79 Å². The summed E-state index contributed by atoms with van der Waals surface area (Å²) in [6, 6.07) is 16.0. The number of hydrogen-bond acceptors (Lipinski definition) is 4. The van der Waals surface area contributed by atoms with Crippen LogP contribution in [0.1, 0.15) is 24.0 Å². The minimum Gasteiger partial charge on any atom is -0.479 e. The van der Waals surface area contributed by atoms with E-state index in [2.05, 4.69) is 10.4 Å². The van der Waals surface area contributed by atoms with Gasteiger partial charge in [-0.05, 0) is 29.2 Å². The Morgan fingerprint density at radius 3 is 2.30 bits per heavy atom. The number of rotatable bonds is 6. The molecule has 0 radical (unpaired) electrons. The Kier molecular flexibility index (Phi) is 5.22. The smallest absolute Gasteiger partial charge is 0.408 e. The van der Waals surface area contributed by atoms with Gasteiger partial charge >= 0.3 is 12.1 Å². The molecule has 0 saturated carbocycles. The number of carbonyl (C=O) groups is 2. The molecule has 0 aliphatic heterocycles. The number of benzene rings is 2. The average molecular weight is 426 g/mol. The van der Waals surface area contributed by atoms with Gasteiger partial charge in [-0.15, -0.1) is 0 Å². The highest BCUT2D eigenvalue weighted by molar-refractivity contribution is 6.30. The summed E-state index contributed by atoms with van der Waals surface area (Å²) in [7, 11) is 0. The van der Waals surface area contributed by atoms with Crippen LogP contribution in [-0.4, -0.2) is 39.1 Å². The highest BCUT2D eigenvalue weighted by Gasteiger charge is 2.37. The molecule has 1 aromatic heterocycles. The van der Waals surface area contributed by atoms with Crippen LogP contribution in [-0.2, 0) is 16.1 Å². The molecule has 1 heterocycles. The fourth-order valence-corrected chi connectivity index (χ4v) is 3.93. The van der Waals surface area contributed by atoms with Gasteiger partial charge in [-0.1, -0.05) is 60.1 Å². The molecular formula is C22H20ClN3O4. The van der Waals surface area contributed by atoms with E-state index in [0.29, 0.717) is 5.02 Å². The number of carboxylic acids is 1. The lowest BCUT2D eigenvalue weighted by atomic mass is 9.98. The van der Waals surface area contributed by atoms with Crippen molar-refractivity contribution in [2.45, 2.75) is 24.9 Å². The Morgan fingerprint density at radius 1 is 1.17 bits per heavy atom. The number of nitrogens with one attached hydrogen (secondary N) is 1. The Hall–Kier alpha value is -3.32. The lowest BCUT2D eigenvalue weighted by Gasteiger charge is -2.26. The zero-order valence-corrected chi connectivity index (χ0v) is 17.0. The Labute approximate surface area is 178 Å². The van der Waals surface area contributed by atoms with E-state index >= 15 is 0 Å². The van der Waals surface area contributed by atoms with Gasteiger partial charge in [0.05, 0.1) is 17.8 Å². The standard InChI is InChI=1S/C22H20ClN3O4/c1-22(20(27)28,13-26-11-14(23)10-24-26)25-21(29)30-12-19-17-8-4-2-6-15(17)16-7-3-5-9-18(16)19/h2-11,19H,12-13H2,1H3,(H,25,29)(H,27,28). The van der Waals surface area contributed by atoms with Crippen molar-refractivity contribution in [3.8, 4) is 11.1 Å². The summed E-state index contributed by atoms with van der Waals surface area (Å²) in [6.07, 6.45) is 2.08. The van der Waals surface area contributed by atoms with Crippen molar-refractivity contribution in [1.82, 2.24) is 15.1 Å². The quantitative estimate of drug-likeness (QED) is 0.624. The third-order valence-corrected chi connectivity index (χ3v) is 5.47. The second-order valence-electron chi connectivity index (χ2n) is 7.44. The van der Waals surface area contributed by atoms with Crippen LogP contribution < -0.4 is 5.32 Å². The number of alkyl carbamates (subject to hydrolysis) is 1. The molecule has 30 heavy (non-hydrogen) atoms. The molecule has 1 aliphatic rings. The number of ether oxygens (including phenoxy) is 1. The van der Waals surface area contributed by atoms with Gasteiger partial charge < -0.3 is 15.2 Å². The number of carboxylic acid groups (broad SMARTS) is 1. The number of halogens is 1. The Morgan fingerprint density at radius 2 is 1.77 bits per heavy atom. The van der Waals surface area contributed by atoms with Gasteiger partial charge in [-0.25, -0.2) is 9.59 Å². The lowest BCUT2D eigenvalue weighted by Crippen LogP contribution is -2.55. The van der Waals surface area contributed by atoms with Crippen LogP contribution in [0, 0.1) is 0 Å². The molecule has 4 rings (SSSR count). The highest BCUT2D eigenvalue weighted by Crippen LogP contribution is 2.44. The van der Waals surface area contributed by atoms with Crippen LogP contribution in [0.3, 0.4) is 0 Å². The van der Waals surface area contributed by atoms with Gasteiger partial charge in [0, 0.05) is 12.1 Å². The number of aliphatic carboxylic acids is 1. The predicted octanol–water partition coefficient (Wildman–Crippen LogP) is 3.92. The second-order valence-corrected chi connectivity index (χ2v) is 7.88. The maximum atomic E-state index is 12.5. The van der Waals surface area contributed by atoms with Crippen molar-refractivity contribution in [1.29, 1.82) is 0 Å². The van der Waals surface area contributed by atoms with Gasteiger partial charge in [0.15, 0.2) is 5.54 Å². The minimum absolute atomic E-state index is 0.0980. The molecule has 0 fully saturated rings. The number of hydrogen-bond donors (Lipinski definition) is 2. The molecule has 8 heteroatoms. The van der Waals surface area contributed by atoms with E-state index in [1.54, 1.807) is 0 Å². The maximum absolute atomic E-state index is 12.5. The van der Waals surface area contributed by atoms with E-state index in [9.17, 15) is 14.7 Å². The zero-order valence-electron chi connectivity index (χ0n) is 16.2. The van der Waals surface area contributed by atoms with E-state index in [-0.39, 0.29) is 19.1 Å². The van der Waals surface area contributed by atoms with Crippen molar-refractivity contribution in [3.05, 3.63) is 77.1 Å². The molecule has 7 nitrogen and oxygen atoms in total. The van der Waals surface area contributed by atoms with Crippen LogP contribution in [0.15, 0.2) is 60.9 Å². The third-order valence-electron chi connectivity index (χ3n) is 5.27. The molecule has 1 aliphatic carbocycles. The van der Waals surface area contributed by atoms with Crippen LogP contribution >= 0.6 is 11.6 Å². The van der Waals surface area contributed by atoms with Crippen molar-refractivity contribution in [2.24, 2.45) is 0 Å². The van der Waals surface area contributed by atoms with Crippen molar-refractivity contribution in [3.63, 3.8) is 0 Å². The van der Waals surface area contributed by atoms with Gasteiger partial charge in [-0.2, -0.15) is 5.10 Å².